The lowest BCUT2D eigenvalue weighted by Crippen LogP contribution is -2.52. The van der Waals surface area contributed by atoms with Crippen molar-refractivity contribution in [1.29, 1.82) is 0 Å². The highest BCUT2D eigenvalue weighted by Gasteiger charge is 2.51. The van der Waals surface area contributed by atoms with E-state index in [1.807, 2.05) is 23.1 Å². The highest BCUT2D eigenvalue weighted by molar-refractivity contribution is 7.80. The molecular formula is C28H30Cl2F3N3S. The molecule has 198 valence electrons. The molecular weight excluding hydrogens is 538 g/mol. The van der Waals surface area contributed by atoms with Crippen LogP contribution in [-0.4, -0.2) is 22.5 Å². The maximum absolute atomic E-state index is 13.5. The molecule has 1 unspecified atom stereocenters. The Kier molecular flexibility index (Phi) is 7.99. The Morgan fingerprint density at radius 1 is 1.05 bits per heavy atom. The van der Waals surface area contributed by atoms with E-state index in [2.05, 4.69) is 26.1 Å². The molecule has 1 saturated heterocycles. The Morgan fingerprint density at radius 2 is 1.76 bits per heavy atom. The number of thiocarbonyl (C=S) groups is 1. The molecule has 2 aromatic rings. The van der Waals surface area contributed by atoms with Gasteiger partial charge in [-0.1, -0.05) is 87.5 Å². The van der Waals surface area contributed by atoms with E-state index in [1.54, 1.807) is 18.2 Å². The molecule has 37 heavy (non-hydrogen) atoms. The molecule has 1 saturated carbocycles. The summed E-state index contributed by atoms with van der Waals surface area (Å²) in [5, 5.41) is 4.77. The van der Waals surface area contributed by atoms with Crippen molar-refractivity contribution < 1.29 is 13.2 Å². The van der Waals surface area contributed by atoms with Crippen LogP contribution in [0.15, 0.2) is 53.5 Å². The zero-order valence-electron chi connectivity index (χ0n) is 21.0. The molecule has 0 aromatic heterocycles. The van der Waals surface area contributed by atoms with Crippen LogP contribution >= 0.6 is 35.4 Å². The first-order valence-electron chi connectivity index (χ1n) is 12.3. The molecule has 3 nitrogen and oxygen atoms in total. The summed E-state index contributed by atoms with van der Waals surface area (Å²) in [7, 11) is 0. The zero-order valence-corrected chi connectivity index (χ0v) is 23.3. The number of benzene rings is 2. The number of hydrogen-bond acceptors (Lipinski definition) is 2. The minimum absolute atomic E-state index is 0.245. The Labute approximate surface area is 231 Å². The average molecular weight is 569 g/mol. The van der Waals surface area contributed by atoms with Gasteiger partial charge in [-0.25, -0.2) is 0 Å². The van der Waals surface area contributed by atoms with E-state index in [-0.39, 0.29) is 11.5 Å². The van der Waals surface area contributed by atoms with Crippen molar-refractivity contribution in [2.24, 2.45) is 10.4 Å². The highest BCUT2D eigenvalue weighted by atomic mass is 35.5. The van der Waals surface area contributed by atoms with Gasteiger partial charge in [-0.15, -0.1) is 0 Å². The largest absolute Gasteiger partial charge is 0.416 e. The van der Waals surface area contributed by atoms with Crippen LogP contribution in [0.3, 0.4) is 0 Å². The second-order valence-corrected chi connectivity index (χ2v) is 11.9. The molecule has 1 spiro atoms. The molecule has 9 heteroatoms. The minimum atomic E-state index is -4.44. The Hall–Kier alpha value is -2.09. The van der Waals surface area contributed by atoms with Crippen molar-refractivity contribution >= 4 is 58.1 Å². The fraction of sp³-hybridized carbons (Fsp3) is 0.429. The van der Waals surface area contributed by atoms with Crippen molar-refractivity contribution in [3.8, 4) is 0 Å². The predicted molar refractivity (Wildman–Crippen MR) is 152 cm³/mol. The summed E-state index contributed by atoms with van der Waals surface area (Å²) in [6.45, 7) is 6.29. The van der Waals surface area contributed by atoms with Gasteiger partial charge in [-0.3, -0.25) is 4.99 Å². The van der Waals surface area contributed by atoms with Crippen molar-refractivity contribution in [2.45, 2.75) is 70.6 Å². The summed E-state index contributed by atoms with van der Waals surface area (Å²) in [6, 6.07) is 10.5. The molecule has 2 aromatic carbocycles. The van der Waals surface area contributed by atoms with E-state index in [0.29, 0.717) is 26.7 Å². The number of hydrogen-bond donors (Lipinski definition) is 1. The normalized spacial score (nSPS) is 20.2. The number of nitrogens with one attached hydrogen (secondary N) is 1. The van der Waals surface area contributed by atoms with Gasteiger partial charge in [0.05, 0.1) is 11.6 Å². The van der Waals surface area contributed by atoms with E-state index in [9.17, 15) is 13.2 Å². The SMILES string of the molecule is CC(C)(C)C(C=Cc1ccc(Cl)cc1Cl)N=C1NC(=S)N(c2cccc(C(F)(F)F)c2)C12CCCCC2. The molecule has 1 aliphatic carbocycles. The van der Waals surface area contributed by atoms with Gasteiger partial charge in [0.15, 0.2) is 5.11 Å². The van der Waals surface area contributed by atoms with E-state index in [4.69, 9.17) is 40.4 Å². The van der Waals surface area contributed by atoms with Crippen molar-refractivity contribution in [3.05, 3.63) is 69.7 Å². The topological polar surface area (TPSA) is 27.6 Å². The zero-order chi connectivity index (χ0) is 27.0. The van der Waals surface area contributed by atoms with E-state index in [0.717, 1.165) is 43.7 Å². The van der Waals surface area contributed by atoms with Crippen molar-refractivity contribution in [3.63, 3.8) is 0 Å². The van der Waals surface area contributed by atoms with Gasteiger partial charge in [-0.05, 0) is 66.4 Å². The number of rotatable bonds is 4. The van der Waals surface area contributed by atoms with Gasteiger partial charge in [0.2, 0.25) is 0 Å². The second kappa shape index (κ2) is 10.6. The molecule has 0 radical (unpaired) electrons. The monoisotopic (exact) mass is 567 g/mol. The van der Waals surface area contributed by atoms with Gasteiger partial charge in [0.1, 0.15) is 11.4 Å². The van der Waals surface area contributed by atoms with E-state index < -0.39 is 17.3 Å². The second-order valence-electron chi connectivity index (χ2n) is 10.7. The lowest BCUT2D eigenvalue weighted by molar-refractivity contribution is -0.137. The van der Waals surface area contributed by atoms with Crippen molar-refractivity contribution in [2.75, 3.05) is 4.90 Å². The van der Waals surface area contributed by atoms with Gasteiger partial charge in [0, 0.05) is 15.7 Å². The average Bonchev–Trinajstić information content (AvgIpc) is 3.06. The number of nitrogens with zero attached hydrogens (tertiary/aromatic N) is 2. The Morgan fingerprint density at radius 3 is 2.38 bits per heavy atom. The first-order chi connectivity index (χ1) is 17.3. The van der Waals surface area contributed by atoms with Crippen LogP contribution in [-0.2, 0) is 6.18 Å². The maximum Gasteiger partial charge on any atom is 0.416 e. The molecule has 2 fully saturated rings. The van der Waals surface area contributed by atoms with E-state index in [1.165, 1.54) is 12.1 Å². The standard InChI is InChI=1S/C28H30Cl2F3N3S/c1-26(2,3)23(13-11-18-10-12-20(29)17-22(18)30)34-24-27(14-5-4-6-15-27)36(25(37)35-24)21-9-7-8-19(16-21)28(31,32)33/h7-13,16-17,23H,4-6,14-15H2,1-3H3,(H,34,35,37). The summed E-state index contributed by atoms with van der Waals surface area (Å²) in [5.74, 6) is 0.710. The van der Waals surface area contributed by atoms with Crippen LogP contribution in [0, 0.1) is 5.41 Å². The van der Waals surface area contributed by atoms with E-state index >= 15 is 0 Å². The summed E-state index contributed by atoms with van der Waals surface area (Å²) >= 11 is 18.1. The quantitative estimate of drug-likeness (QED) is 0.373. The van der Waals surface area contributed by atoms with Gasteiger partial charge in [-0.2, -0.15) is 13.2 Å². The van der Waals surface area contributed by atoms with Gasteiger partial charge in [0.25, 0.3) is 0 Å². The maximum atomic E-state index is 13.5. The number of aliphatic imine (C=N–C) groups is 1. The van der Waals surface area contributed by atoms with Crippen LogP contribution < -0.4 is 10.2 Å². The minimum Gasteiger partial charge on any atom is -0.319 e. The molecule has 1 N–H and O–H groups in total. The van der Waals surface area contributed by atoms with Crippen LogP contribution in [0.1, 0.15) is 64.0 Å². The molecule has 0 bridgehead atoms. The first-order valence-corrected chi connectivity index (χ1v) is 13.5. The molecule has 1 heterocycles. The van der Waals surface area contributed by atoms with Crippen LogP contribution in [0.2, 0.25) is 10.0 Å². The fourth-order valence-electron chi connectivity index (χ4n) is 5.00. The summed E-state index contributed by atoms with van der Waals surface area (Å²) in [5.41, 5.74) is -0.303. The lowest BCUT2D eigenvalue weighted by atomic mass is 9.79. The highest BCUT2D eigenvalue weighted by Crippen LogP contribution is 2.43. The number of halogens is 5. The van der Waals surface area contributed by atoms with Gasteiger partial charge >= 0.3 is 6.18 Å². The Balaban J connectivity index is 1.77. The first kappa shape index (κ1) is 27.9. The number of anilines is 1. The predicted octanol–water partition coefficient (Wildman–Crippen LogP) is 8.94. The van der Waals surface area contributed by atoms with Crippen LogP contribution in [0.5, 0.6) is 0 Å². The lowest BCUT2D eigenvalue weighted by Gasteiger charge is -2.41. The smallest absolute Gasteiger partial charge is 0.319 e. The molecule has 1 aliphatic heterocycles. The van der Waals surface area contributed by atoms with Crippen molar-refractivity contribution in [1.82, 2.24) is 5.32 Å². The van der Waals surface area contributed by atoms with Gasteiger partial charge < -0.3 is 10.2 Å². The molecule has 1 atom stereocenters. The summed E-state index contributed by atoms with van der Waals surface area (Å²) in [4.78, 5) is 7.04. The molecule has 2 aliphatic rings. The fourth-order valence-corrected chi connectivity index (χ4v) is 5.85. The van der Waals surface area contributed by atoms with Crippen LogP contribution in [0.25, 0.3) is 6.08 Å². The molecule has 0 amide bonds. The summed E-state index contributed by atoms with van der Waals surface area (Å²) in [6.07, 6.45) is 3.95. The molecule has 4 rings (SSSR count). The number of amidine groups is 1. The Bertz CT molecular complexity index is 1230. The third kappa shape index (κ3) is 5.99. The third-order valence-corrected chi connectivity index (χ3v) is 7.83. The third-order valence-electron chi connectivity index (χ3n) is 6.99. The summed E-state index contributed by atoms with van der Waals surface area (Å²) < 4.78 is 40.6. The van der Waals surface area contributed by atoms with Crippen LogP contribution in [0.4, 0.5) is 18.9 Å². The number of alkyl halides is 3.